The standard InChI is InChI=1S/C19H17N7O4S/c1-29-16(28)10-4-5-12-13(7-10)22-19(26(15(12)27)8-11-3-2-6-30-11)31-9-14-23-17(20)25-18(21)24-14/h2-7H,8-9H2,1H3,(H4,20,21,23,24,25). The van der Waals surface area contributed by atoms with E-state index in [9.17, 15) is 9.59 Å². The molecule has 0 atom stereocenters. The molecule has 12 heteroatoms. The van der Waals surface area contributed by atoms with Crippen LogP contribution in [0.1, 0.15) is 21.9 Å². The lowest BCUT2D eigenvalue weighted by atomic mass is 10.1. The summed E-state index contributed by atoms with van der Waals surface area (Å²) in [7, 11) is 1.29. The molecule has 0 saturated carbocycles. The Morgan fingerprint density at radius 1 is 1.16 bits per heavy atom. The van der Waals surface area contributed by atoms with Crippen molar-refractivity contribution >= 4 is 40.5 Å². The van der Waals surface area contributed by atoms with Crippen LogP contribution in [0, 0.1) is 0 Å². The zero-order valence-corrected chi connectivity index (χ0v) is 17.1. The van der Waals surface area contributed by atoms with E-state index in [4.69, 9.17) is 20.6 Å². The van der Waals surface area contributed by atoms with E-state index in [1.54, 1.807) is 18.2 Å². The van der Waals surface area contributed by atoms with Crippen LogP contribution < -0.4 is 17.0 Å². The number of furan rings is 1. The van der Waals surface area contributed by atoms with E-state index in [0.29, 0.717) is 33.2 Å². The number of carbonyl (C=O) groups is 1. The van der Waals surface area contributed by atoms with Crippen molar-refractivity contribution in [3.05, 3.63) is 64.1 Å². The third-order valence-corrected chi connectivity index (χ3v) is 5.25. The van der Waals surface area contributed by atoms with Crippen LogP contribution in [-0.4, -0.2) is 37.6 Å². The van der Waals surface area contributed by atoms with Gasteiger partial charge in [-0.2, -0.15) is 15.0 Å². The Labute approximate surface area is 179 Å². The molecule has 4 rings (SSSR count). The molecule has 0 saturated heterocycles. The minimum atomic E-state index is -0.520. The summed E-state index contributed by atoms with van der Waals surface area (Å²) >= 11 is 1.22. The minimum Gasteiger partial charge on any atom is -0.467 e. The predicted octanol–water partition coefficient (Wildman–Crippen LogP) is 1.47. The van der Waals surface area contributed by atoms with Crippen molar-refractivity contribution in [2.75, 3.05) is 18.6 Å². The van der Waals surface area contributed by atoms with E-state index in [2.05, 4.69) is 19.9 Å². The highest BCUT2D eigenvalue weighted by molar-refractivity contribution is 7.98. The number of aromatic nitrogens is 5. The molecule has 0 aliphatic heterocycles. The fourth-order valence-electron chi connectivity index (χ4n) is 2.90. The first-order valence-electron chi connectivity index (χ1n) is 8.98. The van der Waals surface area contributed by atoms with Gasteiger partial charge < -0.3 is 20.6 Å². The lowest BCUT2D eigenvalue weighted by molar-refractivity contribution is 0.0601. The Balaban J connectivity index is 1.78. The van der Waals surface area contributed by atoms with Gasteiger partial charge in [-0.1, -0.05) is 11.8 Å². The molecule has 0 radical (unpaired) electrons. The van der Waals surface area contributed by atoms with Crippen molar-refractivity contribution in [2.24, 2.45) is 0 Å². The van der Waals surface area contributed by atoms with Crippen molar-refractivity contribution in [1.82, 2.24) is 24.5 Å². The van der Waals surface area contributed by atoms with Crippen LogP contribution in [0.4, 0.5) is 11.9 Å². The summed E-state index contributed by atoms with van der Waals surface area (Å²) in [5.41, 5.74) is 11.6. The Bertz CT molecular complexity index is 1300. The van der Waals surface area contributed by atoms with Gasteiger partial charge in [0.1, 0.15) is 11.6 Å². The monoisotopic (exact) mass is 439 g/mol. The second kappa shape index (κ2) is 8.44. The maximum Gasteiger partial charge on any atom is 0.337 e. The number of methoxy groups -OCH3 is 1. The summed E-state index contributed by atoms with van der Waals surface area (Å²) in [5.74, 6) is 0.662. The molecular weight excluding hydrogens is 422 g/mol. The molecule has 0 fully saturated rings. The smallest absolute Gasteiger partial charge is 0.337 e. The van der Waals surface area contributed by atoms with Crippen LogP contribution in [0.15, 0.2) is 51.0 Å². The van der Waals surface area contributed by atoms with E-state index in [-0.39, 0.29) is 29.8 Å². The molecule has 4 aromatic rings. The molecule has 158 valence electrons. The average Bonchev–Trinajstić information content (AvgIpc) is 3.26. The molecule has 3 aromatic heterocycles. The highest BCUT2D eigenvalue weighted by Gasteiger charge is 2.16. The normalized spacial score (nSPS) is 11.0. The van der Waals surface area contributed by atoms with Gasteiger partial charge in [-0.3, -0.25) is 9.36 Å². The first kappa shape index (κ1) is 20.3. The largest absolute Gasteiger partial charge is 0.467 e. The summed E-state index contributed by atoms with van der Waals surface area (Å²) in [4.78, 5) is 41.5. The average molecular weight is 439 g/mol. The number of nitrogens with zero attached hydrogens (tertiary/aromatic N) is 5. The number of carbonyl (C=O) groups excluding carboxylic acids is 1. The fraction of sp³-hybridized carbons (Fsp3) is 0.158. The Morgan fingerprint density at radius 3 is 2.61 bits per heavy atom. The summed E-state index contributed by atoms with van der Waals surface area (Å²) < 4.78 is 11.6. The summed E-state index contributed by atoms with van der Waals surface area (Å²) in [6.07, 6.45) is 1.53. The molecule has 3 heterocycles. The zero-order chi connectivity index (χ0) is 22.0. The molecule has 0 spiro atoms. The molecule has 0 aliphatic rings. The molecule has 0 unspecified atom stereocenters. The maximum absolute atomic E-state index is 13.2. The molecule has 4 N–H and O–H groups in total. The number of hydrogen-bond donors (Lipinski definition) is 2. The van der Waals surface area contributed by atoms with Crippen LogP contribution in [0.5, 0.6) is 0 Å². The number of benzene rings is 1. The van der Waals surface area contributed by atoms with Gasteiger partial charge in [0.2, 0.25) is 11.9 Å². The highest BCUT2D eigenvalue weighted by Crippen LogP contribution is 2.23. The molecule has 0 bridgehead atoms. The third-order valence-electron chi connectivity index (χ3n) is 4.28. The number of fused-ring (bicyclic) bond motifs is 1. The van der Waals surface area contributed by atoms with Crippen molar-refractivity contribution in [3.8, 4) is 0 Å². The van der Waals surface area contributed by atoms with Gasteiger partial charge in [0.05, 0.1) is 42.1 Å². The highest BCUT2D eigenvalue weighted by atomic mass is 32.2. The second-order valence-corrected chi connectivity index (χ2v) is 7.29. The second-order valence-electron chi connectivity index (χ2n) is 6.35. The van der Waals surface area contributed by atoms with Crippen molar-refractivity contribution in [1.29, 1.82) is 0 Å². The number of thioether (sulfide) groups is 1. The van der Waals surface area contributed by atoms with E-state index < -0.39 is 5.97 Å². The molecular formula is C19H17N7O4S. The number of esters is 1. The Hall–Kier alpha value is -3.93. The first-order valence-corrected chi connectivity index (χ1v) is 9.97. The number of rotatable bonds is 6. The number of nitrogens with two attached hydrogens (primary N) is 2. The van der Waals surface area contributed by atoms with Crippen molar-refractivity contribution < 1.29 is 13.9 Å². The number of hydrogen-bond acceptors (Lipinski definition) is 11. The van der Waals surface area contributed by atoms with Gasteiger partial charge in [-0.15, -0.1) is 0 Å². The summed E-state index contributed by atoms with van der Waals surface area (Å²) in [6.45, 7) is 0.178. The number of anilines is 2. The summed E-state index contributed by atoms with van der Waals surface area (Å²) in [6, 6.07) is 8.09. The van der Waals surface area contributed by atoms with Crippen LogP contribution in [0.25, 0.3) is 10.9 Å². The van der Waals surface area contributed by atoms with Crippen LogP contribution in [-0.2, 0) is 17.0 Å². The van der Waals surface area contributed by atoms with E-state index in [1.165, 1.54) is 41.8 Å². The zero-order valence-electron chi connectivity index (χ0n) is 16.3. The number of ether oxygens (including phenoxy) is 1. The first-order chi connectivity index (χ1) is 14.9. The fourth-order valence-corrected chi connectivity index (χ4v) is 3.76. The van der Waals surface area contributed by atoms with Crippen molar-refractivity contribution in [3.63, 3.8) is 0 Å². The van der Waals surface area contributed by atoms with Crippen molar-refractivity contribution in [2.45, 2.75) is 17.5 Å². The van der Waals surface area contributed by atoms with E-state index >= 15 is 0 Å². The topological polar surface area (TPSA) is 165 Å². The van der Waals surface area contributed by atoms with Crippen LogP contribution in [0.3, 0.4) is 0 Å². The minimum absolute atomic E-state index is 0.00488. The van der Waals surface area contributed by atoms with Crippen LogP contribution in [0.2, 0.25) is 0 Å². The molecule has 0 amide bonds. The predicted molar refractivity (Wildman–Crippen MR) is 113 cm³/mol. The third kappa shape index (κ3) is 4.33. The van der Waals surface area contributed by atoms with Gasteiger partial charge in [0, 0.05) is 0 Å². The lowest BCUT2D eigenvalue weighted by Crippen LogP contribution is -2.24. The molecule has 11 nitrogen and oxygen atoms in total. The van der Waals surface area contributed by atoms with Gasteiger partial charge in [0.15, 0.2) is 5.16 Å². The Kier molecular flexibility index (Phi) is 5.54. The maximum atomic E-state index is 13.2. The number of nitrogen functional groups attached to an aromatic ring is 2. The molecule has 31 heavy (non-hydrogen) atoms. The summed E-state index contributed by atoms with van der Waals surface area (Å²) in [5, 5.41) is 0.741. The van der Waals surface area contributed by atoms with E-state index in [1.807, 2.05) is 0 Å². The SMILES string of the molecule is COC(=O)c1ccc2c(=O)n(Cc3ccco3)c(SCc3nc(N)nc(N)n3)nc2c1. The van der Waals surface area contributed by atoms with E-state index in [0.717, 1.165) is 0 Å². The Morgan fingerprint density at radius 2 is 1.94 bits per heavy atom. The van der Waals surface area contributed by atoms with Gasteiger partial charge >= 0.3 is 5.97 Å². The molecule has 0 aliphatic carbocycles. The van der Waals surface area contributed by atoms with Gasteiger partial charge in [-0.25, -0.2) is 9.78 Å². The van der Waals surface area contributed by atoms with Crippen LogP contribution >= 0.6 is 11.8 Å². The quantitative estimate of drug-likeness (QED) is 0.254. The lowest BCUT2D eigenvalue weighted by Gasteiger charge is -2.12. The van der Waals surface area contributed by atoms with Gasteiger partial charge in [0.25, 0.3) is 5.56 Å². The molecule has 1 aromatic carbocycles. The van der Waals surface area contributed by atoms with Gasteiger partial charge in [-0.05, 0) is 30.3 Å².